The van der Waals surface area contributed by atoms with Crippen molar-refractivity contribution in [2.45, 2.75) is 6.92 Å². The van der Waals surface area contributed by atoms with E-state index in [0.29, 0.717) is 21.9 Å². The van der Waals surface area contributed by atoms with Crippen LogP contribution in [0.15, 0.2) is 30.3 Å². The first-order valence-corrected chi connectivity index (χ1v) is 5.35. The SMILES string of the molecule is Cc1ccc2c(C(=O)Cl)cccc2c1C(=O)O. The van der Waals surface area contributed by atoms with Gasteiger partial charge in [-0.1, -0.05) is 24.3 Å². The molecule has 86 valence electrons. The van der Waals surface area contributed by atoms with Crippen LogP contribution in [0.2, 0.25) is 0 Å². The highest BCUT2D eigenvalue weighted by atomic mass is 35.5. The normalized spacial score (nSPS) is 10.5. The highest BCUT2D eigenvalue weighted by molar-refractivity contribution is 6.68. The van der Waals surface area contributed by atoms with Crippen LogP contribution >= 0.6 is 11.6 Å². The third kappa shape index (κ3) is 1.89. The van der Waals surface area contributed by atoms with E-state index in [1.54, 1.807) is 37.3 Å². The average Bonchev–Trinajstić information content (AvgIpc) is 2.26. The van der Waals surface area contributed by atoms with Gasteiger partial charge in [-0.05, 0) is 40.9 Å². The van der Waals surface area contributed by atoms with Gasteiger partial charge in [0.05, 0.1) is 5.56 Å². The number of hydrogen-bond donors (Lipinski definition) is 1. The minimum Gasteiger partial charge on any atom is -0.478 e. The van der Waals surface area contributed by atoms with Gasteiger partial charge in [-0.3, -0.25) is 4.79 Å². The Labute approximate surface area is 103 Å². The van der Waals surface area contributed by atoms with E-state index in [1.165, 1.54) is 0 Å². The van der Waals surface area contributed by atoms with E-state index < -0.39 is 11.2 Å². The van der Waals surface area contributed by atoms with Crippen molar-refractivity contribution in [2.75, 3.05) is 0 Å². The molecule has 2 aromatic rings. The van der Waals surface area contributed by atoms with Crippen LogP contribution in [-0.4, -0.2) is 16.3 Å². The Hall–Kier alpha value is -1.87. The Balaban J connectivity index is 2.93. The molecule has 4 heteroatoms. The zero-order valence-electron chi connectivity index (χ0n) is 9.03. The average molecular weight is 249 g/mol. The first-order valence-electron chi connectivity index (χ1n) is 4.98. The Bertz CT molecular complexity index is 632. The van der Waals surface area contributed by atoms with Crippen LogP contribution < -0.4 is 0 Å². The van der Waals surface area contributed by atoms with Crippen LogP contribution in [-0.2, 0) is 0 Å². The number of fused-ring (bicyclic) bond motifs is 1. The van der Waals surface area contributed by atoms with Crippen LogP contribution in [0.3, 0.4) is 0 Å². The van der Waals surface area contributed by atoms with E-state index >= 15 is 0 Å². The summed E-state index contributed by atoms with van der Waals surface area (Å²) in [4.78, 5) is 22.4. The summed E-state index contributed by atoms with van der Waals surface area (Å²) in [5.74, 6) is -1.01. The van der Waals surface area contributed by atoms with E-state index in [0.717, 1.165) is 0 Å². The van der Waals surface area contributed by atoms with Crippen LogP contribution in [0.5, 0.6) is 0 Å². The third-order valence-corrected chi connectivity index (χ3v) is 2.90. The number of carboxylic acid groups (broad SMARTS) is 1. The fraction of sp³-hybridized carbons (Fsp3) is 0.0769. The molecule has 17 heavy (non-hydrogen) atoms. The second-order valence-electron chi connectivity index (χ2n) is 3.74. The monoisotopic (exact) mass is 248 g/mol. The number of benzene rings is 2. The zero-order valence-corrected chi connectivity index (χ0v) is 9.78. The van der Waals surface area contributed by atoms with Crippen LogP contribution in [0.25, 0.3) is 10.8 Å². The maximum Gasteiger partial charge on any atom is 0.336 e. The second-order valence-corrected chi connectivity index (χ2v) is 4.08. The molecule has 0 aromatic heterocycles. The maximum atomic E-state index is 11.2. The van der Waals surface area contributed by atoms with Crippen LogP contribution in [0.4, 0.5) is 0 Å². The van der Waals surface area contributed by atoms with Crippen molar-refractivity contribution in [1.82, 2.24) is 0 Å². The second kappa shape index (κ2) is 4.18. The molecule has 0 aliphatic carbocycles. The molecule has 0 radical (unpaired) electrons. The molecule has 0 saturated heterocycles. The van der Waals surface area contributed by atoms with Crippen molar-refractivity contribution in [1.29, 1.82) is 0 Å². The van der Waals surface area contributed by atoms with Gasteiger partial charge < -0.3 is 5.11 Å². The summed E-state index contributed by atoms with van der Waals surface area (Å²) >= 11 is 5.47. The summed E-state index contributed by atoms with van der Waals surface area (Å²) in [6.07, 6.45) is 0. The van der Waals surface area contributed by atoms with Crippen molar-refractivity contribution in [3.05, 3.63) is 47.0 Å². The largest absolute Gasteiger partial charge is 0.478 e. The molecule has 1 N–H and O–H groups in total. The molecule has 0 saturated carbocycles. The topological polar surface area (TPSA) is 54.4 Å². The number of hydrogen-bond acceptors (Lipinski definition) is 2. The number of halogens is 1. The molecule has 0 atom stereocenters. The summed E-state index contributed by atoms with van der Waals surface area (Å²) in [7, 11) is 0. The molecule has 0 spiro atoms. The summed E-state index contributed by atoms with van der Waals surface area (Å²) in [6, 6.07) is 8.28. The van der Waals surface area contributed by atoms with Gasteiger partial charge in [0.1, 0.15) is 0 Å². The molecule has 2 aromatic carbocycles. The van der Waals surface area contributed by atoms with Crippen LogP contribution in [0.1, 0.15) is 26.3 Å². The van der Waals surface area contributed by atoms with Crippen molar-refractivity contribution in [3.8, 4) is 0 Å². The Morgan fingerprint density at radius 2 is 1.82 bits per heavy atom. The molecule has 3 nitrogen and oxygen atoms in total. The van der Waals surface area contributed by atoms with Gasteiger partial charge in [-0.2, -0.15) is 0 Å². The zero-order chi connectivity index (χ0) is 12.6. The van der Waals surface area contributed by atoms with E-state index in [2.05, 4.69) is 0 Å². The standard InChI is InChI=1S/C13H9ClO3/c1-7-5-6-8-9(11(7)13(16)17)3-2-4-10(8)12(14)15/h2-6H,1H3,(H,16,17). The van der Waals surface area contributed by atoms with Crippen molar-refractivity contribution < 1.29 is 14.7 Å². The number of carboxylic acids is 1. The smallest absolute Gasteiger partial charge is 0.336 e. The molecule has 0 unspecified atom stereocenters. The lowest BCUT2D eigenvalue weighted by atomic mass is 9.97. The molecule has 2 rings (SSSR count). The van der Waals surface area contributed by atoms with Gasteiger partial charge in [0.25, 0.3) is 5.24 Å². The van der Waals surface area contributed by atoms with Crippen molar-refractivity contribution in [2.24, 2.45) is 0 Å². The fourth-order valence-corrected chi connectivity index (χ4v) is 2.09. The van der Waals surface area contributed by atoms with Crippen LogP contribution in [0, 0.1) is 6.92 Å². The number of aromatic carboxylic acids is 1. The minimum atomic E-state index is -1.01. The van der Waals surface area contributed by atoms with Crippen molar-refractivity contribution in [3.63, 3.8) is 0 Å². The molecule has 0 bridgehead atoms. The summed E-state index contributed by atoms with van der Waals surface area (Å²) in [5.41, 5.74) is 1.19. The summed E-state index contributed by atoms with van der Waals surface area (Å²) < 4.78 is 0. The molecule has 0 fully saturated rings. The van der Waals surface area contributed by atoms with E-state index in [-0.39, 0.29) is 5.56 Å². The molecular formula is C13H9ClO3. The minimum absolute atomic E-state index is 0.210. The quantitative estimate of drug-likeness (QED) is 0.830. The highest BCUT2D eigenvalue weighted by Gasteiger charge is 2.15. The number of rotatable bonds is 2. The van der Waals surface area contributed by atoms with Crippen molar-refractivity contribution >= 4 is 33.6 Å². The van der Waals surface area contributed by atoms with Gasteiger partial charge in [0.2, 0.25) is 0 Å². The Morgan fingerprint density at radius 3 is 2.41 bits per heavy atom. The summed E-state index contributed by atoms with van der Waals surface area (Å²) in [5, 5.41) is 9.68. The predicted molar refractivity (Wildman–Crippen MR) is 65.8 cm³/mol. The van der Waals surface area contributed by atoms with E-state index in [1.807, 2.05) is 0 Å². The van der Waals surface area contributed by atoms with E-state index in [9.17, 15) is 14.7 Å². The molecule has 0 heterocycles. The molecular weight excluding hydrogens is 240 g/mol. The third-order valence-electron chi connectivity index (χ3n) is 2.70. The molecule has 0 amide bonds. The fourth-order valence-electron chi connectivity index (χ4n) is 1.92. The Kier molecular flexibility index (Phi) is 2.86. The molecule has 0 aliphatic heterocycles. The van der Waals surface area contributed by atoms with Gasteiger partial charge in [0, 0.05) is 5.56 Å². The van der Waals surface area contributed by atoms with Gasteiger partial charge in [-0.15, -0.1) is 0 Å². The predicted octanol–water partition coefficient (Wildman–Crippen LogP) is 3.23. The highest BCUT2D eigenvalue weighted by Crippen LogP contribution is 2.26. The van der Waals surface area contributed by atoms with Gasteiger partial charge >= 0.3 is 5.97 Å². The summed E-state index contributed by atoms with van der Waals surface area (Å²) in [6.45, 7) is 1.72. The first-order chi connectivity index (χ1) is 8.02. The number of aryl methyl sites for hydroxylation is 1. The molecule has 0 aliphatic rings. The first kappa shape index (κ1) is 11.6. The van der Waals surface area contributed by atoms with E-state index in [4.69, 9.17) is 11.6 Å². The maximum absolute atomic E-state index is 11.2. The lowest BCUT2D eigenvalue weighted by Crippen LogP contribution is -2.02. The lowest BCUT2D eigenvalue weighted by Gasteiger charge is -2.08. The Morgan fingerprint density at radius 1 is 1.12 bits per heavy atom. The van der Waals surface area contributed by atoms with Gasteiger partial charge in [-0.25, -0.2) is 4.79 Å². The number of carbonyl (C=O) groups is 2. The van der Waals surface area contributed by atoms with Gasteiger partial charge in [0.15, 0.2) is 0 Å². The lowest BCUT2D eigenvalue weighted by molar-refractivity contribution is 0.0698. The number of carbonyl (C=O) groups excluding carboxylic acids is 1.